The van der Waals surface area contributed by atoms with E-state index < -0.39 is 0 Å². The van der Waals surface area contributed by atoms with Crippen LogP contribution in [0.25, 0.3) is 0 Å². The van der Waals surface area contributed by atoms with Gasteiger partial charge in [-0.15, -0.1) is 11.3 Å². The van der Waals surface area contributed by atoms with Gasteiger partial charge in [-0.1, -0.05) is 23.8 Å². The summed E-state index contributed by atoms with van der Waals surface area (Å²) in [6, 6.07) is 13.1. The van der Waals surface area contributed by atoms with Gasteiger partial charge in [0, 0.05) is 43.8 Å². The summed E-state index contributed by atoms with van der Waals surface area (Å²) in [7, 11) is 3.51. The number of anilines is 1. The fourth-order valence-corrected chi connectivity index (χ4v) is 3.95. The SMILES string of the molecule is Cc1ccc(N2CCCC(NC(=NCC(=O)N(C)C)NCc3cccs3)C2)cc1. The molecule has 0 radical (unpaired) electrons. The highest BCUT2D eigenvalue weighted by Crippen LogP contribution is 2.20. The number of rotatable bonds is 6. The second-order valence-corrected chi connectivity index (χ2v) is 8.68. The summed E-state index contributed by atoms with van der Waals surface area (Å²) in [5.74, 6) is 0.691. The van der Waals surface area contributed by atoms with Gasteiger partial charge < -0.3 is 20.4 Å². The van der Waals surface area contributed by atoms with Crippen molar-refractivity contribution in [2.24, 2.45) is 4.99 Å². The molecule has 0 aliphatic carbocycles. The number of carbonyl (C=O) groups excluding carboxylic acids is 1. The summed E-state index contributed by atoms with van der Waals surface area (Å²) in [5, 5.41) is 9.01. The lowest BCUT2D eigenvalue weighted by Crippen LogP contribution is -2.51. The number of aliphatic imine (C=N–C) groups is 1. The zero-order chi connectivity index (χ0) is 20.6. The van der Waals surface area contributed by atoms with Crippen LogP contribution in [0.15, 0.2) is 46.8 Å². The van der Waals surface area contributed by atoms with E-state index in [1.165, 1.54) is 16.1 Å². The number of hydrogen-bond donors (Lipinski definition) is 2. The van der Waals surface area contributed by atoms with Crippen molar-refractivity contribution in [2.45, 2.75) is 32.4 Å². The summed E-state index contributed by atoms with van der Waals surface area (Å²) in [6.45, 7) is 4.94. The number of likely N-dealkylation sites (N-methyl/N-ethyl adjacent to an activating group) is 1. The molecule has 1 aromatic carbocycles. The maximum absolute atomic E-state index is 12.0. The van der Waals surface area contributed by atoms with Gasteiger partial charge in [0.2, 0.25) is 5.91 Å². The zero-order valence-electron chi connectivity index (χ0n) is 17.5. The van der Waals surface area contributed by atoms with E-state index in [9.17, 15) is 4.79 Å². The molecule has 0 saturated carbocycles. The molecule has 0 bridgehead atoms. The van der Waals surface area contributed by atoms with Crippen LogP contribution in [0.3, 0.4) is 0 Å². The third-order valence-corrected chi connectivity index (χ3v) is 5.92. The van der Waals surface area contributed by atoms with Gasteiger partial charge in [-0.3, -0.25) is 4.79 Å². The van der Waals surface area contributed by atoms with Crippen LogP contribution < -0.4 is 15.5 Å². The molecule has 2 N–H and O–H groups in total. The fourth-order valence-electron chi connectivity index (χ4n) is 3.30. The van der Waals surface area contributed by atoms with E-state index in [1.807, 2.05) is 6.07 Å². The summed E-state index contributed by atoms with van der Waals surface area (Å²) in [6.07, 6.45) is 2.21. The molecule has 156 valence electrons. The van der Waals surface area contributed by atoms with Crippen molar-refractivity contribution >= 4 is 28.9 Å². The number of carbonyl (C=O) groups is 1. The lowest BCUT2D eigenvalue weighted by molar-refractivity contribution is -0.127. The van der Waals surface area contributed by atoms with E-state index in [2.05, 4.69) is 63.2 Å². The van der Waals surface area contributed by atoms with Gasteiger partial charge in [-0.25, -0.2) is 4.99 Å². The minimum atomic E-state index is -0.00727. The number of nitrogens with zero attached hydrogens (tertiary/aromatic N) is 3. The first-order valence-electron chi connectivity index (χ1n) is 10.1. The number of amides is 1. The third-order valence-electron chi connectivity index (χ3n) is 5.04. The number of nitrogens with one attached hydrogen (secondary N) is 2. The monoisotopic (exact) mass is 413 g/mol. The van der Waals surface area contributed by atoms with Crippen molar-refractivity contribution in [1.82, 2.24) is 15.5 Å². The maximum atomic E-state index is 12.0. The normalized spacial score (nSPS) is 17.1. The van der Waals surface area contributed by atoms with Crippen molar-refractivity contribution in [3.63, 3.8) is 0 Å². The minimum absolute atomic E-state index is 0.00727. The minimum Gasteiger partial charge on any atom is -0.369 e. The summed E-state index contributed by atoms with van der Waals surface area (Å²) < 4.78 is 0. The molecule has 1 amide bonds. The van der Waals surface area contributed by atoms with Crippen molar-refractivity contribution in [3.05, 3.63) is 52.2 Å². The predicted octanol–water partition coefficient (Wildman–Crippen LogP) is 2.85. The topological polar surface area (TPSA) is 60.0 Å². The van der Waals surface area contributed by atoms with Gasteiger partial charge in [0.15, 0.2) is 5.96 Å². The quantitative estimate of drug-likeness (QED) is 0.565. The molecule has 1 unspecified atom stereocenters. The molecule has 1 fully saturated rings. The number of piperidine rings is 1. The van der Waals surface area contributed by atoms with Gasteiger partial charge >= 0.3 is 0 Å². The van der Waals surface area contributed by atoms with Crippen LogP contribution >= 0.6 is 11.3 Å². The highest BCUT2D eigenvalue weighted by atomic mass is 32.1. The Morgan fingerprint density at radius 3 is 2.76 bits per heavy atom. The molecule has 0 spiro atoms. The lowest BCUT2D eigenvalue weighted by atomic mass is 10.0. The van der Waals surface area contributed by atoms with E-state index in [-0.39, 0.29) is 18.5 Å². The number of thiophene rings is 1. The predicted molar refractivity (Wildman–Crippen MR) is 122 cm³/mol. The van der Waals surface area contributed by atoms with Crippen LogP contribution in [-0.4, -0.2) is 56.5 Å². The van der Waals surface area contributed by atoms with Crippen LogP contribution in [0.2, 0.25) is 0 Å². The fraction of sp³-hybridized carbons (Fsp3) is 0.455. The lowest BCUT2D eigenvalue weighted by Gasteiger charge is -2.35. The third kappa shape index (κ3) is 6.49. The number of aryl methyl sites for hydroxylation is 1. The van der Waals surface area contributed by atoms with Crippen LogP contribution in [-0.2, 0) is 11.3 Å². The van der Waals surface area contributed by atoms with Crippen LogP contribution in [0, 0.1) is 6.92 Å². The highest BCUT2D eigenvalue weighted by molar-refractivity contribution is 7.09. The smallest absolute Gasteiger partial charge is 0.243 e. The molecule has 3 rings (SSSR count). The molecule has 1 aliphatic rings. The molecular weight excluding hydrogens is 382 g/mol. The first-order valence-corrected chi connectivity index (χ1v) is 11.0. The first-order chi connectivity index (χ1) is 14.0. The summed E-state index contributed by atoms with van der Waals surface area (Å²) in [5.41, 5.74) is 2.54. The van der Waals surface area contributed by atoms with Crippen LogP contribution in [0.1, 0.15) is 23.3 Å². The molecule has 1 aromatic heterocycles. The number of benzene rings is 1. The van der Waals surface area contributed by atoms with Crippen molar-refractivity contribution < 1.29 is 4.79 Å². The van der Waals surface area contributed by atoms with E-state index >= 15 is 0 Å². The molecule has 2 aromatic rings. The van der Waals surface area contributed by atoms with Crippen molar-refractivity contribution in [2.75, 3.05) is 38.6 Å². The maximum Gasteiger partial charge on any atom is 0.243 e. The second kappa shape index (κ2) is 10.3. The molecular formula is C22H31N5OS. The van der Waals surface area contributed by atoms with Crippen molar-refractivity contribution in [1.29, 1.82) is 0 Å². The number of hydrogen-bond acceptors (Lipinski definition) is 4. The molecule has 1 aliphatic heterocycles. The molecule has 1 saturated heterocycles. The Hall–Kier alpha value is -2.54. The average molecular weight is 414 g/mol. The Morgan fingerprint density at radius 1 is 1.28 bits per heavy atom. The van der Waals surface area contributed by atoms with Crippen LogP contribution in [0.4, 0.5) is 5.69 Å². The summed E-state index contributed by atoms with van der Waals surface area (Å²) >= 11 is 1.71. The Bertz CT molecular complexity index is 801. The van der Waals surface area contributed by atoms with Gasteiger partial charge in [0.05, 0.1) is 6.54 Å². The second-order valence-electron chi connectivity index (χ2n) is 7.65. The van der Waals surface area contributed by atoms with Gasteiger partial charge in [0.25, 0.3) is 0 Å². The Balaban J connectivity index is 1.64. The van der Waals surface area contributed by atoms with E-state index in [4.69, 9.17) is 0 Å². The first kappa shape index (κ1) is 21.2. The van der Waals surface area contributed by atoms with E-state index in [0.717, 1.165) is 25.9 Å². The van der Waals surface area contributed by atoms with Crippen molar-refractivity contribution in [3.8, 4) is 0 Å². The molecule has 29 heavy (non-hydrogen) atoms. The Morgan fingerprint density at radius 2 is 2.07 bits per heavy atom. The molecule has 7 heteroatoms. The Kier molecular flexibility index (Phi) is 7.52. The zero-order valence-corrected chi connectivity index (χ0v) is 18.3. The summed E-state index contributed by atoms with van der Waals surface area (Å²) in [4.78, 5) is 21.8. The van der Waals surface area contributed by atoms with E-state index in [0.29, 0.717) is 12.5 Å². The molecule has 6 nitrogen and oxygen atoms in total. The van der Waals surface area contributed by atoms with Crippen LogP contribution in [0.5, 0.6) is 0 Å². The average Bonchev–Trinajstić information content (AvgIpc) is 3.24. The van der Waals surface area contributed by atoms with Gasteiger partial charge in [-0.05, 0) is 43.3 Å². The highest BCUT2D eigenvalue weighted by Gasteiger charge is 2.21. The number of guanidine groups is 1. The largest absolute Gasteiger partial charge is 0.369 e. The van der Waals surface area contributed by atoms with E-state index in [1.54, 1.807) is 30.3 Å². The van der Waals surface area contributed by atoms with Gasteiger partial charge in [0.1, 0.15) is 6.54 Å². The van der Waals surface area contributed by atoms with Gasteiger partial charge in [-0.2, -0.15) is 0 Å². The standard InChI is InChI=1S/C22H31N5OS/c1-17-8-10-19(11-9-17)27-12-4-6-18(16-27)25-22(24-15-21(28)26(2)3)23-14-20-7-5-13-29-20/h5,7-11,13,18H,4,6,12,14-16H2,1-3H3,(H2,23,24,25). The molecule has 1 atom stereocenters. The Labute approximate surface area is 177 Å². The molecule has 2 heterocycles.